The summed E-state index contributed by atoms with van der Waals surface area (Å²) in [7, 11) is 0. The molecule has 0 fully saturated rings. The second-order valence-electron chi connectivity index (χ2n) is 3.89. The zero-order valence-corrected chi connectivity index (χ0v) is 10.6. The molecule has 1 aromatic rings. The Bertz CT molecular complexity index is 459. The maximum atomic E-state index is 11.5. The molecule has 1 atom stereocenters. The molecule has 1 aromatic heterocycles. The van der Waals surface area contributed by atoms with Crippen molar-refractivity contribution < 1.29 is 14.7 Å². The molecule has 0 saturated heterocycles. The predicted molar refractivity (Wildman–Crippen MR) is 68.4 cm³/mol. The molecule has 19 heavy (non-hydrogen) atoms. The molecular weight excluding hydrogens is 248 g/mol. The van der Waals surface area contributed by atoms with E-state index < -0.39 is 18.0 Å². The lowest BCUT2D eigenvalue weighted by molar-refractivity contribution is -0.139. The van der Waals surface area contributed by atoms with Gasteiger partial charge in [-0.25, -0.2) is 9.59 Å². The number of aliphatic carboxylic acids is 1. The van der Waals surface area contributed by atoms with E-state index in [4.69, 9.17) is 5.11 Å². The van der Waals surface area contributed by atoms with Crippen molar-refractivity contribution >= 4 is 12.0 Å². The smallest absolute Gasteiger partial charge is 0.326 e. The molecule has 102 valence electrons. The van der Waals surface area contributed by atoms with Crippen LogP contribution in [0.5, 0.6) is 0 Å². The van der Waals surface area contributed by atoms with Crippen molar-refractivity contribution in [2.45, 2.75) is 25.9 Å². The molecule has 0 aliphatic carbocycles. The summed E-state index contributed by atoms with van der Waals surface area (Å²) in [4.78, 5) is 30.4. The Balaban J connectivity index is 2.44. The summed E-state index contributed by atoms with van der Waals surface area (Å²) < 4.78 is 0. The maximum absolute atomic E-state index is 11.5. The van der Waals surface area contributed by atoms with Crippen molar-refractivity contribution in [1.29, 1.82) is 0 Å². The van der Waals surface area contributed by atoms with Gasteiger partial charge in [-0.05, 0) is 13.3 Å². The van der Waals surface area contributed by atoms with Crippen molar-refractivity contribution in [2.75, 3.05) is 0 Å². The first-order chi connectivity index (χ1) is 9.02. The van der Waals surface area contributed by atoms with E-state index in [2.05, 4.69) is 27.2 Å². The minimum atomic E-state index is -1.11. The van der Waals surface area contributed by atoms with E-state index in [0.717, 1.165) is 5.69 Å². The molecule has 3 N–H and O–H groups in total. The third-order valence-corrected chi connectivity index (χ3v) is 2.27. The van der Waals surface area contributed by atoms with Gasteiger partial charge in [0.15, 0.2) is 0 Å². The third kappa shape index (κ3) is 5.15. The number of hydrogen-bond donors (Lipinski definition) is 3. The zero-order chi connectivity index (χ0) is 14.3. The molecule has 0 radical (unpaired) electrons. The monoisotopic (exact) mass is 264 g/mol. The zero-order valence-electron chi connectivity index (χ0n) is 10.6. The molecule has 1 unspecified atom stereocenters. The summed E-state index contributed by atoms with van der Waals surface area (Å²) in [6.45, 7) is 5.43. The van der Waals surface area contributed by atoms with Gasteiger partial charge in [0.05, 0.1) is 24.1 Å². The van der Waals surface area contributed by atoms with Gasteiger partial charge in [0.1, 0.15) is 6.04 Å². The van der Waals surface area contributed by atoms with Crippen LogP contribution in [0.4, 0.5) is 4.79 Å². The molecule has 1 rings (SSSR count). The first-order valence-electron chi connectivity index (χ1n) is 5.68. The van der Waals surface area contributed by atoms with Crippen molar-refractivity contribution in [3.63, 3.8) is 0 Å². The van der Waals surface area contributed by atoms with E-state index in [1.807, 2.05) is 6.92 Å². The van der Waals surface area contributed by atoms with Crippen LogP contribution in [0, 0.1) is 6.92 Å². The number of hydrogen-bond acceptors (Lipinski definition) is 4. The van der Waals surface area contributed by atoms with Crippen LogP contribution in [0.25, 0.3) is 0 Å². The van der Waals surface area contributed by atoms with E-state index in [0.29, 0.717) is 5.69 Å². The average Bonchev–Trinajstić information content (AvgIpc) is 2.37. The second-order valence-corrected chi connectivity index (χ2v) is 3.89. The topological polar surface area (TPSA) is 104 Å². The number of carbonyl (C=O) groups excluding carboxylic acids is 1. The molecule has 7 nitrogen and oxygen atoms in total. The lowest BCUT2D eigenvalue weighted by Crippen LogP contribution is -2.45. The number of nitrogens with one attached hydrogen (secondary N) is 2. The molecular formula is C12H16N4O3. The van der Waals surface area contributed by atoms with Crippen LogP contribution in [-0.2, 0) is 11.3 Å². The van der Waals surface area contributed by atoms with Crippen molar-refractivity contribution in [3.05, 3.63) is 36.4 Å². The molecule has 0 bridgehead atoms. The highest BCUT2D eigenvalue weighted by Crippen LogP contribution is 1.95. The Kier molecular flexibility index (Phi) is 5.46. The molecule has 7 heteroatoms. The summed E-state index contributed by atoms with van der Waals surface area (Å²) in [6.07, 6.45) is 4.73. The molecule has 0 aliphatic rings. The van der Waals surface area contributed by atoms with Crippen molar-refractivity contribution in [2.24, 2.45) is 0 Å². The number of aryl methyl sites for hydroxylation is 1. The predicted octanol–water partition coefficient (Wildman–Crippen LogP) is 0.614. The van der Waals surface area contributed by atoms with Gasteiger partial charge < -0.3 is 15.7 Å². The number of urea groups is 1. The van der Waals surface area contributed by atoms with Gasteiger partial charge in [-0.2, -0.15) is 0 Å². The van der Waals surface area contributed by atoms with Crippen molar-refractivity contribution in [1.82, 2.24) is 20.6 Å². The molecule has 0 aromatic carbocycles. The van der Waals surface area contributed by atoms with Crippen LogP contribution < -0.4 is 10.6 Å². The van der Waals surface area contributed by atoms with Gasteiger partial charge in [-0.3, -0.25) is 9.97 Å². The van der Waals surface area contributed by atoms with Crippen LogP contribution >= 0.6 is 0 Å². The first-order valence-corrected chi connectivity index (χ1v) is 5.68. The van der Waals surface area contributed by atoms with Gasteiger partial charge in [0.2, 0.25) is 0 Å². The lowest BCUT2D eigenvalue weighted by Gasteiger charge is -2.13. The van der Waals surface area contributed by atoms with E-state index >= 15 is 0 Å². The summed E-state index contributed by atoms with van der Waals surface area (Å²) in [5.74, 6) is -1.11. The number of amides is 2. The standard InChI is InChI=1S/C12H16N4O3/c1-3-4-10(11(17)18)16-12(19)15-7-9-6-13-8(2)5-14-9/h3,5-6,10H,1,4,7H2,2H3,(H,17,18)(H2,15,16,19). The van der Waals surface area contributed by atoms with Crippen LogP contribution in [0.2, 0.25) is 0 Å². The Morgan fingerprint density at radius 3 is 2.74 bits per heavy atom. The number of carbonyl (C=O) groups is 2. The van der Waals surface area contributed by atoms with Crippen LogP contribution in [0.1, 0.15) is 17.8 Å². The van der Waals surface area contributed by atoms with E-state index in [9.17, 15) is 9.59 Å². The second kappa shape index (κ2) is 7.10. The van der Waals surface area contributed by atoms with Gasteiger partial charge in [-0.1, -0.05) is 6.08 Å². The minimum Gasteiger partial charge on any atom is -0.480 e. The first kappa shape index (κ1) is 14.6. The normalized spacial score (nSPS) is 11.4. The third-order valence-electron chi connectivity index (χ3n) is 2.27. The summed E-state index contributed by atoms with van der Waals surface area (Å²) in [5.41, 5.74) is 1.38. The van der Waals surface area contributed by atoms with Gasteiger partial charge >= 0.3 is 12.0 Å². The summed E-state index contributed by atoms with van der Waals surface area (Å²) in [6, 6.07) is -1.56. The Morgan fingerprint density at radius 2 is 2.21 bits per heavy atom. The average molecular weight is 264 g/mol. The molecule has 0 spiro atoms. The maximum Gasteiger partial charge on any atom is 0.326 e. The Hall–Kier alpha value is -2.44. The Morgan fingerprint density at radius 1 is 1.47 bits per heavy atom. The van der Waals surface area contributed by atoms with E-state index in [1.165, 1.54) is 6.08 Å². The highest BCUT2D eigenvalue weighted by Gasteiger charge is 2.17. The van der Waals surface area contributed by atoms with Crippen LogP contribution in [0.3, 0.4) is 0 Å². The largest absolute Gasteiger partial charge is 0.480 e. The number of rotatable bonds is 6. The van der Waals surface area contributed by atoms with Crippen LogP contribution in [-0.4, -0.2) is 33.1 Å². The van der Waals surface area contributed by atoms with Crippen molar-refractivity contribution in [3.8, 4) is 0 Å². The number of aromatic nitrogens is 2. The fourth-order valence-corrected chi connectivity index (χ4v) is 1.28. The van der Waals surface area contributed by atoms with Gasteiger partial charge in [0, 0.05) is 6.20 Å². The minimum absolute atomic E-state index is 0.160. The highest BCUT2D eigenvalue weighted by atomic mass is 16.4. The molecule has 2 amide bonds. The van der Waals surface area contributed by atoms with E-state index in [1.54, 1.807) is 12.4 Å². The van der Waals surface area contributed by atoms with Gasteiger partial charge in [0.25, 0.3) is 0 Å². The molecule has 1 heterocycles. The summed E-state index contributed by atoms with van der Waals surface area (Å²) >= 11 is 0. The number of carboxylic acids is 1. The van der Waals surface area contributed by atoms with E-state index in [-0.39, 0.29) is 13.0 Å². The fourth-order valence-electron chi connectivity index (χ4n) is 1.28. The number of carboxylic acid groups (broad SMARTS) is 1. The lowest BCUT2D eigenvalue weighted by atomic mass is 10.2. The van der Waals surface area contributed by atoms with Crippen LogP contribution in [0.15, 0.2) is 25.0 Å². The Labute approximate surface area is 110 Å². The summed E-state index contributed by atoms with van der Waals surface area (Å²) in [5, 5.41) is 13.7. The number of nitrogens with zero attached hydrogens (tertiary/aromatic N) is 2. The fraction of sp³-hybridized carbons (Fsp3) is 0.333. The highest BCUT2D eigenvalue weighted by molar-refractivity contribution is 5.82. The van der Waals surface area contributed by atoms with Gasteiger partial charge in [-0.15, -0.1) is 6.58 Å². The molecule has 0 aliphatic heterocycles. The SMILES string of the molecule is C=CCC(NC(=O)NCc1cnc(C)cn1)C(=O)O. The molecule has 0 saturated carbocycles. The quantitative estimate of drug-likeness (QED) is 0.653.